The molecule has 2 nitrogen and oxygen atoms in total. The van der Waals surface area contributed by atoms with Crippen LogP contribution >= 0.6 is 0 Å². The summed E-state index contributed by atoms with van der Waals surface area (Å²) in [5, 5.41) is 3.09. The van der Waals surface area contributed by atoms with Crippen LogP contribution in [0.25, 0.3) is 0 Å². The van der Waals surface area contributed by atoms with Crippen LogP contribution in [0.3, 0.4) is 0 Å². The van der Waals surface area contributed by atoms with E-state index in [-0.39, 0.29) is 6.04 Å². The molecule has 1 N–H and O–H groups in total. The van der Waals surface area contributed by atoms with Crippen LogP contribution in [0.2, 0.25) is 0 Å². The maximum Gasteiger partial charge on any atom is 0.163 e. The lowest BCUT2D eigenvalue weighted by atomic mass is 10.0. The zero-order valence-corrected chi connectivity index (χ0v) is 10.8. The predicted octanol–water partition coefficient (Wildman–Crippen LogP) is 2.71. The van der Waals surface area contributed by atoms with E-state index in [0.29, 0.717) is 5.56 Å². The van der Waals surface area contributed by atoms with Crippen molar-refractivity contribution in [2.45, 2.75) is 25.3 Å². The van der Waals surface area contributed by atoms with Gasteiger partial charge in [-0.1, -0.05) is 18.6 Å². The topological polar surface area (TPSA) is 15.3 Å². The molecule has 2 rings (SSSR count). The van der Waals surface area contributed by atoms with Gasteiger partial charge in [-0.25, -0.2) is 8.78 Å². The third kappa shape index (κ3) is 3.06. The molecule has 1 saturated heterocycles. The molecular formula is C14H20F2N2. The van der Waals surface area contributed by atoms with Gasteiger partial charge in [-0.3, -0.25) is 0 Å². The zero-order valence-electron chi connectivity index (χ0n) is 10.8. The van der Waals surface area contributed by atoms with Gasteiger partial charge in [0.1, 0.15) is 0 Å². The molecule has 0 radical (unpaired) electrons. The number of likely N-dealkylation sites (tertiary alicyclic amines) is 1. The Morgan fingerprint density at radius 2 is 1.94 bits per heavy atom. The van der Waals surface area contributed by atoms with Crippen molar-refractivity contribution in [3.63, 3.8) is 0 Å². The number of hydrogen-bond acceptors (Lipinski definition) is 2. The van der Waals surface area contributed by atoms with E-state index in [2.05, 4.69) is 10.2 Å². The largest absolute Gasteiger partial charge is 0.312 e. The minimum Gasteiger partial charge on any atom is -0.312 e. The SMILES string of the molecule is CNC(CN1CCCCC1)c1cccc(F)c1F. The van der Waals surface area contributed by atoms with Gasteiger partial charge in [0.2, 0.25) is 0 Å². The number of hydrogen-bond donors (Lipinski definition) is 1. The molecule has 1 fully saturated rings. The number of likely N-dealkylation sites (N-methyl/N-ethyl adjacent to an activating group) is 1. The smallest absolute Gasteiger partial charge is 0.163 e. The molecule has 0 aliphatic carbocycles. The number of rotatable bonds is 4. The quantitative estimate of drug-likeness (QED) is 0.888. The normalized spacial score (nSPS) is 18.8. The molecule has 100 valence electrons. The Morgan fingerprint density at radius 3 is 2.61 bits per heavy atom. The van der Waals surface area contributed by atoms with Gasteiger partial charge in [-0.2, -0.15) is 0 Å². The Balaban J connectivity index is 2.09. The Hall–Kier alpha value is -1.00. The second kappa shape index (κ2) is 6.25. The van der Waals surface area contributed by atoms with Gasteiger partial charge in [-0.05, 0) is 39.0 Å². The zero-order chi connectivity index (χ0) is 13.0. The number of halogens is 2. The molecule has 0 amide bonds. The van der Waals surface area contributed by atoms with Crippen molar-refractivity contribution in [3.8, 4) is 0 Å². The molecule has 1 aromatic carbocycles. The summed E-state index contributed by atoms with van der Waals surface area (Å²) in [5.41, 5.74) is 0.420. The molecule has 0 bridgehead atoms. The average molecular weight is 254 g/mol. The van der Waals surface area contributed by atoms with Crippen LogP contribution in [0.1, 0.15) is 30.9 Å². The molecule has 1 aliphatic rings. The lowest BCUT2D eigenvalue weighted by Crippen LogP contribution is -2.37. The number of piperidine rings is 1. The summed E-state index contributed by atoms with van der Waals surface area (Å²) in [6.07, 6.45) is 3.67. The molecule has 18 heavy (non-hydrogen) atoms. The molecule has 0 aromatic heterocycles. The molecule has 0 spiro atoms. The molecule has 0 saturated carbocycles. The van der Waals surface area contributed by atoms with E-state index in [9.17, 15) is 8.78 Å². The van der Waals surface area contributed by atoms with E-state index < -0.39 is 11.6 Å². The highest BCUT2D eigenvalue weighted by Crippen LogP contribution is 2.21. The molecule has 4 heteroatoms. The summed E-state index contributed by atoms with van der Waals surface area (Å²) in [7, 11) is 1.79. The Kier molecular flexibility index (Phi) is 4.66. The fourth-order valence-electron chi connectivity index (χ4n) is 2.53. The highest BCUT2D eigenvalue weighted by molar-refractivity contribution is 5.22. The maximum absolute atomic E-state index is 13.8. The highest BCUT2D eigenvalue weighted by atomic mass is 19.2. The van der Waals surface area contributed by atoms with Crippen molar-refractivity contribution in [3.05, 3.63) is 35.4 Å². The second-order valence-electron chi connectivity index (χ2n) is 4.85. The molecular weight excluding hydrogens is 234 g/mol. The number of benzene rings is 1. The van der Waals surface area contributed by atoms with Crippen LogP contribution in [0, 0.1) is 11.6 Å². The van der Waals surface area contributed by atoms with Crippen molar-refractivity contribution in [1.82, 2.24) is 10.2 Å². The van der Waals surface area contributed by atoms with E-state index >= 15 is 0 Å². The van der Waals surface area contributed by atoms with Gasteiger partial charge in [0.25, 0.3) is 0 Å². The van der Waals surface area contributed by atoms with Crippen LogP contribution in [0.4, 0.5) is 8.78 Å². The first-order valence-corrected chi connectivity index (χ1v) is 6.56. The van der Waals surface area contributed by atoms with Crippen LogP contribution in [-0.4, -0.2) is 31.6 Å². The van der Waals surface area contributed by atoms with Crippen LogP contribution in [0.5, 0.6) is 0 Å². The van der Waals surface area contributed by atoms with Crippen LogP contribution in [-0.2, 0) is 0 Å². The van der Waals surface area contributed by atoms with Crippen molar-refractivity contribution in [2.24, 2.45) is 0 Å². The van der Waals surface area contributed by atoms with Gasteiger partial charge >= 0.3 is 0 Å². The Bertz CT molecular complexity index is 389. The minimum absolute atomic E-state index is 0.154. The first kappa shape index (κ1) is 13.4. The third-order valence-electron chi connectivity index (χ3n) is 3.59. The van der Waals surface area contributed by atoms with Gasteiger partial charge in [0.15, 0.2) is 11.6 Å². The van der Waals surface area contributed by atoms with Crippen LogP contribution < -0.4 is 5.32 Å². The number of nitrogens with zero attached hydrogens (tertiary/aromatic N) is 1. The maximum atomic E-state index is 13.8. The summed E-state index contributed by atoms with van der Waals surface area (Å²) in [4.78, 5) is 2.31. The summed E-state index contributed by atoms with van der Waals surface area (Å²) >= 11 is 0. The van der Waals surface area contributed by atoms with E-state index in [4.69, 9.17) is 0 Å². The lowest BCUT2D eigenvalue weighted by molar-refractivity contribution is 0.206. The second-order valence-corrected chi connectivity index (χ2v) is 4.85. The van der Waals surface area contributed by atoms with Crippen LogP contribution in [0.15, 0.2) is 18.2 Å². The minimum atomic E-state index is -0.772. The Labute approximate surface area is 107 Å². The van der Waals surface area contributed by atoms with E-state index in [0.717, 1.165) is 25.7 Å². The van der Waals surface area contributed by atoms with E-state index in [1.54, 1.807) is 19.2 Å². The Morgan fingerprint density at radius 1 is 1.22 bits per heavy atom. The monoisotopic (exact) mass is 254 g/mol. The van der Waals surface area contributed by atoms with E-state index in [1.165, 1.54) is 19.3 Å². The predicted molar refractivity (Wildman–Crippen MR) is 68.4 cm³/mol. The molecule has 1 unspecified atom stereocenters. The molecule has 1 atom stereocenters. The first-order chi connectivity index (χ1) is 8.72. The van der Waals surface area contributed by atoms with Gasteiger partial charge < -0.3 is 10.2 Å². The fraction of sp³-hybridized carbons (Fsp3) is 0.571. The lowest BCUT2D eigenvalue weighted by Gasteiger charge is -2.30. The van der Waals surface area contributed by atoms with Crippen molar-refractivity contribution >= 4 is 0 Å². The average Bonchev–Trinajstić information content (AvgIpc) is 2.41. The van der Waals surface area contributed by atoms with Gasteiger partial charge in [-0.15, -0.1) is 0 Å². The summed E-state index contributed by atoms with van der Waals surface area (Å²) < 4.78 is 27.0. The van der Waals surface area contributed by atoms with Gasteiger partial charge in [0, 0.05) is 18.2 Å². The van der Waals surface area contributed by atoms with Crippen molar-refractivity contribution in [2.75, 3.05) is 26.7 Å². The summed E-state index contributed by atoms with van der Waals surface area (Å²) in [5.74, 6) is -1.50. The highest BCUT2D eigenvalue weighted by Gasteiger charge is 2.20. The summed E-state index contributed by atoms with van der Waals surface area (Å²) in [6.45, 7) is 2.83. The standard InChI is InChI=1S/C14H20F2N2/c1-17-13(10-18-8-3-2-4-9-18)11-6-5-7-12(15)14(11)16/h5-7,13,17H,2-4,8-10H2,1H3. The van der Waals surface area contributed by atoms with Gasteiger partial charge in [0.05, 0.1) is 0 Å². The third-order valence-corrected chi connectivity index (χ3v) is 3.59. The van der Waals surface area contributed by atoms with Crippen molar-refractivity contribution < 1.29 is 8.78 Å². The summed E-state index contributed by atoms with van der Waals surface area (Å²) in [6, 6.07) is 4.23. The molecule has 1 aliphatic heterocycles. The molecule has 1 aromatic rings. The fourth-order valence-corrected chi connectivity index (χ4v) is 2.53. The first-order valence-electron chi connectivity index (χ1n) is 6.56. The number of nitrogens with one attached hydrogen (secondary N) is 1. The van der Waals surface area contributed by atoms with Crippen molar-refractivity contribution in [1.29, 1.82) is 0 Å². The van der Waals surface area contributed by atoms with E-state index in [1.807, 2.05) is 0 Å². The molecule has 1 heterocycles.